The van der Waals surface area contributed by atoms with Crippen molar-refractivity contribution in [3.63, 3.8) is 0 Å². The highest BCUT2D eigenvalue weighted by Gasteiger charge is 2.51. The third-order valence-corrected chi connectivity index (χ3v) is 4.19. The minimum absolute atomic E-state index is 0.0578. The molecule has 0 radical (unpaired) electrons. The molecule has 0 aliphatic rings. The topological polar surface area (TPSA) is 202 Å². The third kappa shape index (κ3) is 5.42. The van der Waals surface area contributed by atoms with Gasteiger partial charge in [-0.15, -0.1) is 0 Å². The van der Waals surface area contributed by atoms with E-state index >= 15 is 0 Å². The molecular weight excluding hydrogens is 416 g/mol. The summed E-state index contributed by atoms with van der Waals surface area (Å²) in [7, 11) is 0. The minimum atomic E-state index is -3.12. The molecule has 11 heteroatoms. The molecule has 0 aliphatic heterocycles. The van der Waals surface area contributed by atoms with Crippen molar-refractivity contribution in [2.24, 2.45) is 0 Å². The van der Waals surface area contributed by atoms with E-state index < -0.39 is 59.0 Å². The van der Waals surface area contributed by atoms with Crippen LogP contribution in [0.25, 0.3) is 6.08 Å². The molecule has 0 heterocycles. The molecule has 7 N–H and O–H groups in total. The fraction of sp³-hybridized carbons (Fsp3) is 0.150. The van der Waals surface area contributed by atoms with Crippen molar-refractivity contribution < 1.29 is 54.9 Å². The SMILES string of the molecule is O=C(/C=C/c1ccc(O)c(O)c1)O[C@@H](C(=O)O)[C@](O)(Cc1ccc(O)c(O)c1)C(=O)O. The van der Waals surface area contributed by atoms with E-state index in [2.05, 4.69) is 4.74 Å². The van der Waals surface area contributed by atoms with Gasteiger partial charge in [0.25, 0.3) is 0 Å². The molecule has 2 rings (SSSR count). The monoisotopic (exact) mass is 434 g/mol. The number of benzene rings is 2. The van der Waals surface area contributed by atoms with Gasteiger partial charge in [-0.1, -0.05) is 12.1 Å². The number of hydrogen-bond acceptors (Lipinski definition) is 9. The van der Waals surface area contributed by atoms with Crippen molar-refractivity contribution in [1.82, 2.24) is 0 Å². The van der Waals surface area contributed by atoms with Crippen LogP contribution in [0.4, 0.5) is 0 Å². The first-order chi connectivity index (χ1) is 14.4. The number of ether oxygens (including phenoxy) is 1. The summed E-state index contributed by atoms with van der Waals surface area (Å²) in [6.45, 7) is 0. The number of rotatable bonds is 8. The first kappa shape index (κ1) is 23.0. The molecule has 2 atom stereocenters. The first-order valence-electron chi connectivity index (χ1n) is 8.54. The van der Waals surface area contributed by atoms with Crippen LogP contribution in [-0.4, -0.2) is 65.4 Å². The maximum Gasteiger partial charge on any atom is 0.348 e. The number of aromatic hydroxyl groups is 4. The number of aliphatic carboxylic acids is 2. The zero-order chi connectivity index (χ0) is 23.3. The average Bonchev–Trinajstić information content (AvgIpc) is 2.69. The first-order valence-corrected chi connectivity index (χ1v) is 8.54. The van der Waals surface area contributed by atoms with E-state index in [1.54, 1.807) is 0 Å². The van der Waals surface area contributed by atoms with E-state index in [1.165, 1.54) is 6.07 Å². The Bertz CT molecular complexity index is 1040. The summed E-state index contributed by atoms with van der Waals surface area (Å²) in [5, 5.41) is 66.9. The molecule has 0 unspecified atom stereocenters. The Morgan fingerprint density at radius 3 is 2.00 bits per heavy atom. The van der Waals surface area contributed by atoms with Gasteiger partial charge in [0, 0.05) is 12.5 Å². The van der Waals surface area contributed by atoms with Crippen molar-refractivity contribution >= 4 is 24.0 Å². The molecule has 0 spiro atoms. The molecule has 0 aromatic heterocycles. The molecule has 2 aromatic rings. The van der Waals surface area contributed by atoms with E-state index in [9.17, 15) is 50.1 Å². The highest BCUT2D eigenvalue weighted by molar-refractivity contribution is 5.93. The minimum Gasteiger partial charge on any atom is -0.504 e. The fourth-order valence-electron chi connectivity index (χ4n) is 2.59. The molecule has 164 valence electrons. The predicted octanol–water partition coefficient (Wildman–Crippen LogP) is 0.577. The van der Waals surface area contributed by atoms with Crippen LogP contribution in [0.2, 0.25) is 0 Å². The summed E-state index contributed by atoms with van der Waals surface area (Å²) in [5.74, 6) is -7.30. The second kappa shape index (κ2) is 9.05. The Morgan fingerprint density at radius 1 is 0.903 bits per heavy atom. The van der Waals surface area contributed by atoms with Crippen LogP contribution in [0.1, 0.15) is 11.1 Å². The lowest BCUT2D eigenvalue weighted by Crippen LogP contribution is -2.56. The standard InChI is InChI=1S/C20H18O11/c21-12-4-1-10(7-14(12)23)3-6-16(25)31-17(18(26)27)20(30,19(28)29)9-11-2-5-13(22)15(24)8-11/h1-8,17,21-24,30H,9H2,(H,26,27)(H,28,29)/b6-3+/t17-,20+/m0/s1. The second-order valence-corrected chi connectivity index (χ2v) is 6.47. The van der Waals surface area contributed by atoms with E-state index in [1.807, 2.05) is 0 Å². The Morgan fingerprint density at radius 2 is 1.48 bits per heavy atom. The maximum atomic E-state index is 12.0. The fourth-order valence-corrected chi connectivity index (χ4v) is 2.59. The second-order valence-electron chi connectivity index (χ2n) is 6.47. The number of hydrogen-bond donors (Lipinski definition) is 7. The molecule has 31 heavy (non-hydrogen) atoms. The van der Waals surface area contributed by atoms with Gasteiger partial charge in [0.1, 0.15) is 0 Å². The normalized spacial score (nSPS) is 14.0. The highest BCUT2D eigenvalue weighted by Crippen LogP contribution is 2.29. The van der Waals surface area contributed by atoms with Crippen molar-refractivity contribution in [2.45, 2.75) is 18.1 Å². The molecule has 2 aromatic carbocycles. The lowest BCUT2D eigenvalue weighted by atomic mass is 9.88. The number of carboxylic acids is 2. The maximum absolute atomic E-state index is 12.0. The van der Waals surface area contributed by atoms with Gasteiger partial charge in [0.15, 0.2) is 23.0 Å². The van der Waals surface area contributed by atoms with Gasteiger partial charge in [-0.05, 0) is 41.5 Å². The highest BCUT2D eigenvalue weighted by atomic mass is 16.6. The largest absolute Gasteiger partial charge is 0.504 e. The van der Waals surface area contributed by atoms with Crippen LogP contribution >= 0.6 is 0 Å². The molecule has 0 fully saturated rings. The number of carbonyl (C=O) groups excluding carboxylic acids is 1. The van der Waals surface area contributed by atoms with Gasteiger partial charge < -0.3 is 40.5 Å². The number of carbonyl (C=O) groups is 3. The Labute approximate surface area is 174 Å². The zero-order valence-corrected chi connectivity index (χ0v) is 15.7. The number of aliphatic hydroxyl groups is 1. The third-order valence-electron chi connectivity index (χ3n) is 4.19. The summed E-state index contributed by atoms with van der Waals surface area (Å²) < 4.78 is 4.66. The van der Waals surface area contributed by atoms with Gasteiger partial charge in [0.2, 0.25) is 11.7 Å². The summed E-state index contributed by atoms with van der Waals surface area (Å²) >= 11 is 0. The summed E-state index contributed by atoms with van der Waals surface area (Å²) in [6, 6.07) is 6.61. The van der Waals surface area contributed by atoms with Gasteiger partial charge >= 0.3 is 17.9 Å². The quantitative estimate of drug-likeness (QED) is 0.174. The van der Waals surface area contributed by atoms with E-state index in [-0.39, 0.29) is 11.1 Å². The van der Waals surface area contributed by atoms with Crippen LogP contribution in [0.15, 0.2) is 42.5 Å². The number of esters is 1. The lowest BCUT2D eigenvalue weighted by Gasteiger charge is -2.29. The van der Waals surface area contributed by atoms with E-state index in [0.29, 0.717) is 0 Å². The molecule has 0 aliphatic carbocycles. The predicted molar refractivity (Wildman–Crippen MR) is 102 cm³/mol. The molecule has 11 nitrogen and oxygen atoms in total. The van der Waals surface area contributed by atoms with Crippen LogP contribution < -0.4 is 0 Å². The zero-order valence-electron chi connectivity index (χ0n) is 15.7. The Hall–Kier alpha value is -4.25. The van der Waals surface area contributed by atoms with Gasteiger partial charge in [-0.25, -0.2) is 14.4 Å². The average molecular weight is 434 g/mol. The number of phenolic OH excluding ortho intramolecular Hbond substituents is 4. The summed E-state index contributed by atoms with van der Waals surface area (Å²) in [5.41, 5.74) is -2.94. The van der Waals surface area contributed by atoms with Crippen LogP contribution in [0.3, 0.4) is 0 Å². The van der Waals surface area contributed by atoms with E-state index in [4.69, 9.17) is 0 Å². The number of phenols is 4. The number of carboxylic acid groups (broad SMARTS) is 2. The molecular formula is C20H18O11. The van der Waals surface area contributed by atoms with Crippen molar-refractivity contribution in [3.8, 4) is 23.0 Å². The Balaban J connectivity index is 2.27. The summed E-state index contributed by atoms with van der Waals surface area (Å²) in [4.78, 5) is 35.3. The molecule has 0 saturated carbocycles. The van der Waals surface area contributed by atoms with Gasteiger partial charge in [-0.3, -0.25) is 0 Å². The van der Waals surface area contributed by atoms with Crippen LogP contribution in [0.5, 0.6) is 23.0 Å². The van der Waals surface area contributed by atoms with Crippen LogP contribution in [0, 0.1) is 0 Å². The van der Waals surface area contributed by atoms with Crippen LogP contribution in [-0.2, 0) is 25.5 Å². The smallest absolute Gasteiger partial charge is 0.348 e. The lowest BCUT2D eigenvalue weighted by molar-refractivity contribution is -0.192. The van der Waals surface area contributed by atoms with Crippen molar-refractivity contribution in [1.29, 1.82) is 0 Å². The summed E-state index contributed by atoms with van der Waals surface area (Å²) in [6.07, 6.45) is -1.59. The van der Waals surface area contributed by atoms with E-state index in [0.717, 1.165) is 42.5 Å². The van der Waals surface area contributed by atoms with Gasteiger partial charge in [0.05, 0.1) is 0 Å². The Kier molecular flexibility index (Phi) is 6.72. The van der Waals surface area contributed by atoms with Crippen molar-refractivity contribution in [2.75, 3.05) is 0 Å². The van der Waals surface area contributed by atoms with Gasteiger partial charge in [-0.2, -0.15) is 0 Å². The molecule has 0 bridgehead atoms. The molecule has 0 amide bonds. The van der Waals surface area contributed by atoms with Crippen molar-refractivity contribution in [3.05, 3.63) is 53.6 Å². The molecule has 0 saturated heterocycles.